The van der Waals surface area contributed by atoms with Gasteiger partial charge in [-0.05, 0) is 54.2 Å². The lowest BCUT2D eigenvalue weighted by molar-refractivity contribution is 0.355. The molecule has 1 aromatic heterocycles. The van der Waals surface area contributed by atoms with E-state index in [1.54, 1.807) is 44.7 Å². The molecule has 0 saturated carbocycles. The molecule has 0 saturated heterocycles. The van der Waals surface area contributed by atoms with E-state index < -0.39 is 0 Å². The van der Waals surface area contributed by atoms with E-state index in [1.165, 1.54) is 17.9 Å². The molecular formula is C18H18N4O4S. The number of nitrogens with one attached hydrogen (secondary N) is 1. The molecule has 0 bridgehead atoms. The number of hydrogen-bond acceptors (Lipinski definition) is 7. The first-order chi connectivity index (χ1) is 13.1. The summed E-state index contributed by atoms with van der Waals surface area (Å²) in [7, 11) is 4.62. The predicted octanol–water partition coefficient (Wildman–Crippen LogP) is 3.22. The molecule has 0 aliphatic carbocycles. The van der Waals surface area contributed by atoms with E-state index in [0.717, 1.165) is 11.1 Å². The van der Waals surface area contributed by atoms with E-state index in [4.69, 9.17) is 26.4 Å². The van der Waals surface area contributed by atoms with Crippen LogP contribution < -0.4 is 14.2 Å². The van der Waals surface area contributed by atoms with Gasteiger partial charge in [0.05, 0.1) is 27.5 Å². The first-order valence-corrected chi connectivity index (χ1v) is 8.29. The molecule has 8 nitrogen and oxygen atoms in total. The van der Waals surface area contributed by atoms with E-state index in [9.17, 15) is 5.11 Å². The normalized spacial score (nSPS) is 10.9. The fourth-order valence-corrected chi connectivity index (χ4v) is 2.64. The molecule has 0 spiro atoms. The minimum Gasteiger partial charge on any atom is -0.504 e. The molecule has 1 heterocycles. The van der Waals surface area contributed by atoms with Gasteiger partial charge in [-0.2, -0.15) is 14.9 Å². The second-order valence-electron chi connectivity index (χ2n) is 5.41. The van der Waals surface area contributed by atoms with Gasteiger partial charge in [0, 0.05) is 5.56 Å². The Kier molecular flexibility index (Phi) is 5.41. The molecule has 9 heteroatoms. The van der Waals surface area contributed by atoms with Crippen molar-refractivity contribution < 1.29 is 19.3 Å². The van der Waals surface area contributed by atoms with Crippen LogP contribution in [0, 0.1) is 4.77 Å². The summed E-state index contributed by atoms with van der Waals surface area (Å²) in [4.78, 5) is 0. The third-order valence-corrected chi connectivity index (χ3v) is 4.08. The van der Waals surface area contributed by atoms with Gasteiger partial charge in [0.25, 0.3) is 0 Å². The van der Waals surface area contributed by atoms with Gasteiger partial charge in [0.15, 0.2) is 28.8 Å². The van der Waals surface area contributed by atoms with Crippen LogP contribution in [0.2, 0.25) is 0 Å². The highest BCUT2D eigenvalue weighted by molar-refractivity contribution is 7.71. The van der Waals surface area contributed by atoms with Crippen molar-refractivity contribution in [1.82, 2.24) is 14.9 Å². The molecule has 0 amide bonds. The molecule has 0 aliphatic heterocycles. The quantitative estimate of drug-likeness (QED) is 0.499. The summed E-state index contributed by atoms with van der Waals surface area (Å²) in [5.74, 6) is 2.11. The minimum absolute atomic E-state index is 0.0561. The molecule has 2 aromatic carbocycles. The van der Waals surface area contributed by atoms with Gasteiger partial charge in [0.1, 0.15) is 0 Å². The van der Waals surface area contributed by atoms with Crippen molar-refractivity contribution in [3.05, 3.63) is 46.7 Å². The van der Waals surface area contributed by atoms with Crippen molar-refractivity contribution in [2.45, 2.75) is 0 Å². The van der Waals surface area contributed by atoms with Gasteiger partial charge in [0.2, 0.25) is 4.77 Å². The lowest BCUT2D eigenvalue weighted by Crippen LogP contribution is -1.97. The van der Waals surface area contributed by atoms with Gasteiger partial charge >= 0.3 is 0 Å². The average Bonchev–Trinajstić information content (AvgIpc) is 3.07. The largest absolute Gasteiger partial charge is 0.504 e. The highest BCUT2D eigenvalue weighted by Gasteiger charge is 2.12. The third kappa shape index (κ3) is 3.77. The molecule has 3 aromatic rings. The van der Waals surface area contributed by atoms with E-state index in [-0.39, 0.29) is 5.75 Å². The second kappa shape index (κ2) is 7.92. The molecule has 0 unspecified atom stereocenters. The van der Waals surface area contributed by atoms with Crippen LogP contribution in [-0.4, -0.2) is 47.5 Å². The summed E-state index contributed by atoms with van der Waals surface area (Å²) in [6.45, 7) is 0. The minimum atomic E-state index is 0.0561. The summed E-state index contributed by atoms with van der Waals surface area (Å²) in [5.41, 5.74) is 1.48. The summed E-state index contributed by atoms with van der Waals surface area (Å²) < 4.78 is 17.5. The Morgan fingerprint density at radius 2 is 1.78 bits per heavy atom. The molecule has 0 aliphatic rings. The van der Waals surface area contributed by atoms with Gasteiger partial charge in [-0.1, -0.05) is 0 Å². The molecular weight excluding hydrogens is 368 g/mol. The van der Waals surface area contributed by atoms with Crippen molar-refractivity contribution in [3.63, 3.8) is 0 Å². The number of nitrogens with zero attached hydrogens (tertiary/aromatic N) is 3. The Bertz CT molecular complexity index is 1040. The van der Waals surface area contributed by atoms with E-state index in [2.05, 4.69) is 15.3 Å². The van der Waals surface area contributed by atoms with Crippen LogP contribution in [0.25, 0.3) is 11.4 Å². The first kappa shape index (κ1) is 18.5. The zero-order valence-corrected chi connectivity index (χ0v) is 15.8. The van der Waals surface area contributed by atoms with Crippen LogP contribution in [0.5, 0.6) is 23.0 Å². The van der Waals surface area contributed by atoms with Crippen molar-refractivity contribution in [1.29, 1.82) is 0 Å². The lowest BCUT2D eigenvalue weighted by Gasteiger charge is -2.09. The lowest BCUT2D eigenvalue weighted by atomic mass is 10.2. The Morgan fingerprint density at radius 3 is 2.48 bits per heavy atom. The van der Waals surface area contributed by atoms with Gasteiger partial charge < -0.3 is 19.3 Å². The SMILES string of the molecule is COc1cc(C=Nn2c(-c3ccc(OC)c(OC)c3)n[nH]c2=S)ccc1O. The zero-order valence-electron chi connectivity index (χ0n) is 15.0. The number of benzene rings is 2. The topological polar surface area (TPSA) is 93.9 Å². The van der Waals surface area contributed by atoms with Crippen LogP contribution in [0.4, 0.5) is 0 Å². The van der Waals surface area contributed by atoms with E-state index in [1.807, 2.05) is 6.07 Å². The van der Waals surface area contributed by atoms with Gasteiger partial charge in [-0.15, -0.1) is 0 Å². The number of phenols is 1. The predicted molar refractivity (Wildman–Crippen MR) is 104 cm³/mol. The number of aromatic hydroxyl groups is 1. The summed E-state index contributed by atoms with van der Waals surface area (Å²) in [6, 6.07) is 10.3. The zero-order chi connectivity index (χ0) is 19.4. The van der Waals surface area contributed by atoms with Crippen molar-refractivity contribution in [2.75, 3.05) is 21.3 Å². The maximum absolute atomic E-state index is 9.69. The first-order valence-electron chi connectivity index (χ1n) is 7.88. The number of methoxy groups -OCH3 is 3. The van der Waals surface area contributed by atoms with Crippen LogP contribution in [0.1, 0.15) is 5.56 Å². The third-order valence-electron chi connectivity index (χ3n) is 3.82. The highest BCUT2D eigenvalue weighted by Crippen LogP contribution is 2.31. The Hall–Kier alpha value is -3.33. The van der Waals surface area contributed by atoms with Gasteiger partial charge in [-0.3, -0.25) is 0 Å². The second-order valence-corrected chi connectivity index (χ2v) is 5.80. The standard InChI is InChI=1S/C18H18N4O4S/c1-24-14-7-5-12(9-16(14)26-3)17-20-21-18(27)22(17)19-10-11-4-6-13(23)15(8-11)25-2/h4-10,23H,1-3H3,(H,21,27). The number of hydrogen-bond donors (Lipinski definition) is 2. The molecule has 2 N–H and O–H groups in total. The molecule has 3 rings (SSSR count). The Morgan fingerprint density at radius 1 is 1.04 bits per heavy atom. The Balaban J connectivity index is 1.99. The fraction of sp³-hybridized carbons (Fsp3) is 0.167. The molecule has 0 radical (unpaired) electrons. The summed E-state index contributed by atoms with van der Waals surface area (Å²) in [5, 5.41) is 21.1. The molecule has 27 heavy (non-hydrogen) atoms. The van der Waals surface area contributed by atoms with Crippen LogP contribution >= 0.6 is 12.2 Å². The fourth-order valence-electron chi connectivity index (χ4n) is 2.46. The average molecular weight is 386 g/mol. The monoisotopic (exact) mass is 386 g/mol. The number of rotatable bonds is 6. The van der Waals surface area contributed by atoms with Gasteiger partial charge in [-0.25, -0.2) is 5.10 Å². The van der Waals surface area contributed by atoms with Crippen LogP contribution in [0.15, 0.2) is 41.5 Å². The maximum Gasteiger partial charge on any atom is 0.216 e. The summed E-state index contributed by atoms with van der Waals surface area (Å²) in [6.07, 6.45) is 1.59. The van der Waals surface area contributed by atoms with Crippen LogP contribution in [0.3, 0.4) is 0 Å². The molecule has 0 atom stereocenters. The summed E-state index contributed by atoms with van der Waals surface area (Å²) >= 11 is 5.28. The van der Waals surface area contributed by atoms with Crippen molar-refractivity contribution in [3.8, 4) is 34.4 Å². The number of ether oxygens (including phenoxy) is 3. The Labute approximate surface area is 160 Å². The number of aromatic nitrogens is 3. The van der Waals surface area contributed by atoms with Crippen molar-refractivity contribution >= 4 is 18.4 Å². The number of H-pyrrole nitrogens is 1. The number of phenolic OH excluding ortho intramolecular Hbond substituents is 1. The van der Waals surface area contributed by atoms with Crippen LogP contribution in [-0.2, 0) is 0 Å². The van der Waals surface area contributed by atoms with E-state index in [0.29, 0.717) is 27.8 Å². The van der Waals surface area contributed by atoms with Crippen molar-refractivity contribution in [2.24, 2.45) is 5.10 Å². The highest BCUT2D eigenvalue weighted by atomic mass is 32.1. The smallest absolute Gasteiger partial charge is 0.216 e. The van der Waals surface area contributed by atoms with E-state index >= 15 is 0 Å². The maximum atomic E-state index is 9.69. The number of aromatic amines is 1. The molecule has 0 fully saturated rings. The molecule has 140 valence electrons.